The van der Waals surface area contributed by atoms with Crippen molar-refractivity contribution in [2.75, 3.05) is 0 Å². The van der Waals surface area contributed by atoms with Crippen LogP contribution in [0.3, 0.4) is 0 Å². The van der Waals surface area contributed by atoms with E-state index in [1.807, 2.05) is 48.5 Å². The molecule has 4 aromatic carbocycles. The van der Waals surface area contributed by atoms with Gasteiger partial charge < -0.3 is 0 Å². The van der Waals surface area contributed by atoms with Crippen LogP contribution < -0.4 is 0 Å². The van der Waals surface area contributed by atoms with Crippen LogP contribution in [0.1, 0.15) is 22.3 Å². The number of hydrogen-bond acceptors (Lipinski definition) is 2. The molecule has 0 spiro atoms. The van der Waals surface area contributed by atoms with Gasteiger partial charge in [0.05, 0.1) is 23.3 Å². The number of rotatable bonds is 2. The lowest BCUT2D eigenvalue weighted by molar-refractivity contribution is 1.26. The summed E-state index contributed by atoms with van der Waals surface area (Å²) in [6.45, 7) is 0. The van der Waals surface area contributed by atoms with E-state index in [-0.39, 0.29) is 0 Å². The molecule has 1 aliphatic carbocycles. The summed E-state index contributed by atoms with van der Waals surface area (Å²) in [4.78, 5) is 0. The second-order valence-corrected chi connectivity index (χ2v) is 7.23. The van der Waals surface area contributed by atoms with Gasteiger partial charge in [-0.2, -0.15) is 10.5 Å². The van der Waals surface area contributed by atoms with E-state index in [0.29, 0.717) is 11.1 Å². The molecule has 0 unspecified atom stereocenters. The predicted molar refractivity (Wildman–Crippen MR) is 115 cm³/mol. The van der Waals surface area contributed by atoms with E-state index in [1.54, 1.807) is 0 Å². The molecule has 0 saturated heterocycles. The molecule has 5 rings (SSSR count). The van der Waals surface area contributed by atoms with Crippen molar-refractivity contribution < 1.29 is 0 Å². The smallest absolute Gasteiger partial charge is 0.0991 e. The molecule has 0 radical (unpaired) electrons. The summed E-state index contributed by atoms with van der Waals surface area (Å²) in [6, 6.07) is 32.9. The number of nitrogens with zero attached hydrogens (tertiary/aromatic N) is 2. The molecule has 29 heavy (non-hydrogen) atoms. The lowest BCUT2D eigenvalue weighted by Crippen LogP contribution is -1.93. The molecule has 0 bridgehead atoms. The molecule has 4 aromatic rings. The van der Waals surface area contributed by atoms with Gasteiger partial charge in [0.15, 0.2) is 0 Å². The molecule has 0 fully saturated rings. The van der Waals surface area contributed by atoms with Crippen molar-refractivity contribution in [3.05, 3.63) is 107 Å². The molecule has 2 heteroatoms. The minimum atomic E-state index is 0.655. The van der Waals surface area contributed by atoms with Crippen molar-refractivity contribution in [1.29, 1.82) is 10.5 Å². The van der Waals surface area contributed by atoms with Crippen molar-refractivity contribution >= 4 is 0 Å². The van der Waals surface area contributed by atoms with Gasteiger partial charge in [-0.05, 0) is 75.2 Å². The van der Waals surface area contributed by atoms with Crippen LogP contribution in [0.5, 0.6) is 0 Å². The zero-order chi connectivity index (χ0) is 19.8. The fourth-order valence-corrected chi connectivity index (χ4v) is 4.22. The monoisotopic (exact) mass is 368 g/mol. The van der Waals surface area contributed by atoms with Crippen molar-refractivity contribution in [1.82, 2.24) is 0 Å². The molecule has 0 aliphatic heterocycles. The van der Waals surface area contributed by atoms with Crippen molar-refractivity contribution in [2.24, 2.45) is 0 Å². The van der Waals surface area contributed by atoms with Crippen molar-refractivity contribution in [3.8, 4) is 45.5 Å². The third-order valence-corrected chi connectivity index (χ3v) is 5.62. The quantitative estimate of drug-likeness (QED) is 0.365. The largest absolute Gasteiger partial charge is 0.192 e. The van der Waals surface area contributed by atoms with Crippen LogP contribution >= 0.6 is 0 Å². The van der Waals surface area contributed by atoms with E-state index in [9.17, 15) is 5.26 Å². The predicted octanol–water partition coefficient (Wildman–Crippen LogP) is 6.34. The maximum absolute atomic E-state index is 9.18. The van der Waals surface area contributed by atoms with Crippen LogP contribution in [0.25, 0.3) is 33.4 Å². The minimum absolute atomic E-state index is 0.655. The van der Waals surface area contributed by atoms with Gasteiger partial charge in [-0.1, -0.05) is 60.7 Å². The third kappa shape index (κ3) is 2.80. The zero-order valence-electron chi connectivity index (χ0n) is 15.7. The average Bonchev–Trinajstić information content (AvgIpc) is 3.17. The van der Waals surface area contributed by atoms with E-state index >= 15 is 0 Å². The lowest BCUT2D eigenvalue weighted by Gasteiger charge is -2.16. The summed E-state index contributed by atoms with van der Waals surface area (Å²) in [5, 5.41) is 18.3. The number of hydrogen-bond donors (Lipinski definition) is 0. The van der Waals surface area contributed by atoms with Gasteiger partial charge in [0, 0.05) is 0 Å². The maximum Gasteiger partial charge on any atom is 0.0991 e. The molecule has 134 valence electrons. The standard InChI is InChI=1S/C27H16N2/c28-16-18-5-9-20(10-6-18)24-13-14-25-23-4-2-1-3-22(23)15-26(25)27(24)21-11-7-19(17-29)8-12-21/h1-14H,15H2. The molecule has 1 aliphatic rings. The second kappa shape index (κ2) is 6.79. The van der Waals surface area contributed by atoms with Crippen molar-refractivity contribution in [2.45, 2.75) is 6.42 Å². The minimum Gasteiger partial charge on any atom is -0.192 e. The summed E-state index contributed by atoms with van der Waals surface area (Å²) in [7, 11) is 0. The van der Waals surface area contributed by atoms with Crippen LogP contribution in [-0.4, -0.2) is 0 Å². The van der Waals surface area contributed by atoms with E-state index in [2.05, 4.69) is 48.5 Å². The molecular formula is C27H16N2. The van der Waals surface area contributed by atoms with Crippen LogP contribution in [0.4, 0.5) is 0 Å². The fraction of sp³-hybridized carbons (Fsp3) is 0.0370. The Morgan fingerprint density at radius 3 is 1.79 bits per heavy atom. The highest BCUT2D eigenvalue weighted by molar-refractivity contribution is 5.93. The summed E-state index contributed by atoms with van der Waals surface area (Å²) in [6.07, 6.45) is 0.894. The Bertz CT molecular complexity index is 1320. The summed E-state index contributed by atoms with van der Waals surface area (Å²) in [5.41, 5.74) is 11.1. The fourth-order valence-electron chi connectivity index (χ4n) is 4.22. The third-order valence-electron chi connectivity index (χ3n) is 5.62. The Balaban J connectivity index is 1.76. The van der Waals surface area contributed by atoms with Crippen molar-refractivity contribution in [3.63, 3.8) is 0 Å². The molecular weight excluding hydrogens is 352 g/mol. The molecule has 0 aromatic heterocycles. The first-order chi connectivity index (χ1) is 14.3. The van der Waals surface area contributed by atoms with E-state index in [0.717, 1.165) is 23.1 Å². The Kier molecular flexibility index (Phi) is 3.98. The van der Waals surface area contributed by atoms with Gasteiger partial charge in [-0.3, -0.25) is 0 Å². The molecule has 0 heterocycles. The van der Waals surface area contributed by atoms with Crippen LogP contribution in [0.15, 0.2) is 84.9 Å². The highest BCUT2D eigenvalue weighted by atomic mass is 14.3. The lowest BCUT2D eigenvalue weighted by atomic mass is 9.87. The van der Waals surface area contributed by atoms with Gasteiger partial charge in [0.2, 0.25) is 0 Å². The summed E-state index contributed by atoms with van der Waals surface area (Å²) in [5.74, 6) is 0. The topological polar surface area (TPSA) is 47.6 Å². The Morgan fingerprint density at radius 1 is 0.552 bits per heavy atom. The Morgan fingerprint density at radius 2 is 1.14 bits per heavy atom. The normalized spacial score (nSPS) is 11.2. The van der Waals surface area contributed by atoms with E-state index in [4.69, 9.17) is 5.26 Å². The molecule has 0 atom stereocenters. The average molecular weight is 368 g/mol. The molecule has 2 nitrogen and oxygen atoms in total. The van der Waals surface area contributed by atoms with Crippen LogP contribution in [0.2, 0.25) is 0 Å². The highest BCUT2D eigenvalue weighted by Crippen LogP contribution is 2.45. The first kappa shape index (κ1) is 17.0. The van der Waals surface area contributed by atoms with Gasteiger partial charge in [-0.15, -0.1) is 0 Å². The van der Waals surface area contributed by atoms with Crippen LogP contribution in [0, 0.1) is 22.7 Å². The Labute approximate surface area is 169 Å². The first-order valence-electron chi connectivity index (χ1n) is 9.54. The number of nitriles is 2. The van der Waals surface area contributed by atoms with Gasteiger partial charge >= 0.3 is 0 Å². The van der Waals surface area contributed by atoms with Gasteiger partial charge in [-0.25, -0.2) is 0 Å². The maximum atomic E-state index is 9.18. The summed E-state index contributed by atoms with van der Waals surface area (Å²) >= 11 is 0. The number of fused-ring (bicyclic) bond motifs is 3. The van der Waals surface area contributed by atoms with Gasteiger partial charge in [0.25, 0.3) is 0 Å². The second-order valence-electron chi connectivity index (χ2n) is 7.23. The van der Waals surface area contributed by atoms with E-state index in [1.165, 1.54) is 27.8 Å². The van der Waals surface area contributed by atoms with Crippen LogP contribution in [-0.2, 0) is 6.42 Å². The summed E-state index contributed by atoms with van der Waals surface area (Å²) < 4.78 is 0. The zero-order valence-corrected chi connectivity index (χ0v) is 15.7. The molecule has 0 amide bonds. The highest BCUT2D eigenvalue weighted by Gasteiger charge is 2.24. The number of benzene rings is 4. The molecule has 0 saturated carbocycles. The molecule has 0 N–H and O–H groups in total. The SMILES string of the molecule is N#Cc1ccc(-c2ccc3c(c2-c2ccc(C#N)cc2)Cc2ccccc2-3)cc1. The van der Waals surface area contributed by atoms with E-state index < -0.39 is 0 Å². The van der Waals surface area contributed by atoms with Gasteiger partial charge in [0.1, 0.15) is 0 Å². The first-order valence-corrected chi connectivity index (χ1v) is 9.54. The Hall–Kier alpha value is -4.14.